The molecule has 0 aliphatic carbocycles. The number of nitrogens with two attached hydrogens (primary N) is 1. The van der Waals surface area contributed by atoms with Crippen LogP contribution in [0, 0.1) is 5.92 Å². The van der Waals surface area contributed by atoms with Crippen molar-refractivity contribution in [1.82, 2.24) is 9.80 Å². The maximum atomic E-state index is 11.6. The molecule has 2 N–H and O–H groups in total. The van der Waals surface area contributed by atoms with Gasteiger partial charge in [-0.05, 0) is 13.0 Å². The van der Waals surface area contributed by atoms with Crippen molar-refractivity contribution < 1.29 is 14.4 Å². The SMILES string of the molecule is CC1CC(=O)N(C)C1(C=O)CN(C)CC(N)=O. The van der Waals surface area contributed by atoms with E-state index in [9.17, 15) is 14.4 Å². The van der Waals surface area contributed by atoms with Crippen LogP contribution in [0.15, 0.2) is 0 Å². The van der Waals surface area contributed by atoms with Gasteiger partial charge in [-0.1, -0.05) is 6.92 Å². The predicted molar refractivity (Wildman–Crippen MR) is 62.0 cm³/mol. The molecule has 0 aromatic rings. The average Bonchev–Trinajstić information content (AvgIpc) is 2.41. The smallest absolute Gasteiger partial charge is 0.231 e. The summed E-state index contributed by atoms with van der Waals surface area (Å²) in [5.41, 5.74) is 4.25. The molecule has 0 spiro atoms. The van der Waals surface area contributed by atoms with Crippen LogP contribution in [-0.4, -0.2) is 60.6 Å². The lowest BCUT2D eigenvalue weighted by molar-refractivity contribution is -0.134. The number of carbonyl (C=O) groups excluding carboxylic acids is 3. The Balaban J connectivity index is 2.85. The van der Waals surface area contributed by atoms with E-state index in [0.717, 1.165) is 6.29 Å². The Hall–Kier alpha value is -1.43. The van der Waals surface area contributed by atoms with Crippen molar-refractivity contribution in [2.24, 2.45) is 11.7 Å². The van der Waals surface area contributed by atoms with Crippen LogP contribution in [0.1, 0.15) is 13.3 Å². The maximum Gasteiger partial charge on any atom is 0.231 e. The van der Waals surface area contributed by atoms with Gasteiger partial charge in [-0.25, -0.2) is 0 Å². The first kappa shape index (κ1) is 13.6. The molecule has 0 aromatic heterocycles. The Morgan fingerprint density at radius 2 is 2.29 bits per heavy atom. The molecule has 1 saturated heterocycles. The summed E-state index contributed by atoms with van der Waals surface area (Å²) >= 11 is 0. The van der Waals surface area contributed by atoms with E-state index in [4.69, 9.17) is 5.73 Å². The van der Waals surface area contributed by atoms with E-state index in [-0.39, 0.29) is 18.4 Å². The molecule has 1 fully saturated rings. The third kappa shape index (κ3) is 2.46. The quantitative estimate of drug-likeness (QED) is 0.615. The molecule has 6 nitrogen and oxygen atoms in total. The highest BCUT2D eigenvalue weighted by molar-refractivity contribution is 5.87. The standard InChI is InChI=1S/C11H19N3O3/c1-8-4-10(17)14(3)11(8,7-15)6-13(2)5-9(12)16/h7-8H,4-6H2,1-3H3,(H2,12,16). The lowest BCUT2D eigenvalue weighted by atomic mass is 9.87. The number of rotatable bonds is 5. The molecule has 0 radical (unpaired) electrons. The molecule has 0 bridgehead atoms. The van der Waals surface area contributed by atoms with Gasteiger partial charge in [-0.15, -0.1) is 0 Å². The molecule has 6 heteroatoms. The summed E-state index contributed by atoms with van der Waals surface area (Å²) in [6, 6.07) is 0. The van der Waals surface area contributed by atoms with Gasteiger partial charge in [-0.3, -0.25) is 14.5 Å². The summed E-state index contributed by atoms with van der Waals surface area (Å²) in [7, 11) is 3.33. The highest BCUT2D eigenvalue weighted by Crippen LogP contribution is 2.33. The van der Waals surface area contributed by atoms with Gasteiger partial charge in [0.1, 0.15) is 11.8 Å². The summed E-state index contributed by atoms with van der Waals surface area (Å²) in [4.78, 5) is 37.0. The van der Waals surface area contributed by atoms with Crippen LogP contribution in [0.2, 0.25) is 0 Å². The number of nitrogens with zero attached hydrogens (tertiary/aromatic N) is 2. The van der Waals surface area contributed by atoms with Crippen molar-refractivity contribution >= 4 is 18.1 Å². The normalized spacial score (nSPS) is 28.8. The molecule has 17 heavy (non-hydrogen) atoms. The van der Waals surface area contributed by atoms with E-state index in [2.05, 4.69) is 0 Å². The van der Waals surface area contributed by atoms with Crippen LogP contribution >= 0.6 is 0 Å². The lowest BCUT2D eigenvalue weighted by Gasteiger charge is -2.37. The Morgan fingerprint density at radius 1 is 1.71 bits per heavy atom. The van der Waals surface area contributed by atoms with E-state index < -0.39 is 11.4 Å². The van der Waals surface area contributed by atoms with Gasteiger partial charge in [0.25, 0.3) is 0 Å². The Bertz CT molecular complexity index is 345. The largest absolute Gasteiger partial charge is 0.369 e. The molecule has 96 valence electrons. The van der Waals surface area contributed by atoms with E-state index in [1.54, 1.807) is 19.0 Å². The third-order valence-corrected chi connectivity index (χ3v) is 3.49. The number of hydrogen-bond acceptors (Lipinski definition) is 4. The average molecular weight is 241 g/mol. The number of likely N-dealkylation sites (N-methyl/N-ethyl adjacent to an activating group) is 2. The summed E-state index contributed by atoms with van der Waals surface area (Å²) in [6.45, 7) is 2.26. The van der Waals surface area contributed by atoms with Gasteiger partial charge < -0.3 is 15.4 Å². The third-order valence-electron chi connectivity index (χ3n) is 3.49. The summed E-state index contributed by atoms with van der Waals surface area (Å²) in [6.07, 6.45) is 1.17. The van der Waals surface area contributed by atoms with Crippen molar-refractivity contribution in [1.29, 1.82) is 0 Å². The minimum Gasteiger partial charge on any atom is -0.369 e. The number of amides is 2. The number of primary amides is 1. The van der Waals surface area contributed by atoms with Crippen LogP contribution in [0.25, 0.3) is 0 Å². The molecular formula is C11H19N3O3. The Kier molecular flexibility index (Phi) is 3.87. The van der Waals surface area contributed by atoms with Crippen molar-refractivity contribution in [3.63, 3.8) is 0 Å². The Morgan fingerprint density at radius 3 is 2.65 bits per heavy atom. The van der Waals surface area contributed by atoms with Crippen molar-refractivity contribution in [2.75, 3.05) is 27.2 Å². The van der Waals surface area contributed by atoms with E-state index in [0.29, 0.717) is 13.0 Å². The molecular weight excluding hydrogens is 222 g/mol. The first-order valence-corrected chi connectivity index (χ1v) is 5.53. The van der Waals surface area contributed by atoms with Gasteiger partial charge >= 0.3 is 0 Å². The molecule has 2 amide bonds. The predicted octanol–water partition coefficient (Wildman–Crippen LogP) is -1.16. The monoisotopic (exact) mass is 241 g/mol. The molecule has 2 atom stereocenters. The number of aldehydes is 1. The van der Waals surface area contributed by atoms with Crippen LogP contribution < -0.4 is 5.73 Å². The zero-order valence-corrected chi connectivity index (χ0v) is 10.5. The molecule has 0 saturated carbocycles. The lowest BCUT2D eigenvalue weighted by Crippen LogP contribution is -2.56. The summed E-state index contributed by atoms with van der Waals surface area (Å²) in [5, 5.41) is 0. The number of hydrogen-bond donors (Lipinski definition) is 1. The fourth-order valence-electron chi connectivity index (χ4n) is 2.39. The first-order valence-electron chi connectivity index (χ1n) is 5.53. The van der Waals surface area contributed by atoms with Gasteiger partial charge in [0.05, 0.1) is 6.54 Å². The molecule has 2 unspecified atom stereocenters. The second kappa shape index (κ2) is 4.83. The fraction of sp³-hybridized carbons (Fsp3) is 0.727. The van der Waals surface area contributed by atoms with Gasteiger partial charge in [0.15, 0.2) is 0 Å². The fourth-order valence-corrected chi connectivity index (χ4v) is 2.39. The van der Waals surface area contributed by atoms with Crippen molar-refractivity contribution in [3.8, 4) is 0 Å². The first-order chi connectivity index (χ1) is 7.83. The molecule has 1 aliphatic rings. The van der Waals surface area contributed by atoms with Crippen molar-refractivity contribution in [2.45, 2.75) is 18.9 Å². The van der Waals surface area contributed by atoms with Gasteiger partial charge in [0, 0.05) is 20.0 Å². The zero-order valence-electron chi connectivity index (χ0n) is 10.5. The molecule has 1 aliphatic heterocycles. The highest BCUT2D eigenvalue weighted by atomic mass is 16.2. The van der Waals surface area contributed by atoms with Crippen LogP contribution in [0.4, 0.5) is 0 Å². The van der Waals surface area contributed by atoms with Crippen LogP contribution in [0.5, 0.6) is 0 Å². The zero-order chi connectivity index (χ0) is 13.2. The minimum absolute atomic E-state index is 0.0444. The van der Waals surface area contributed by atoms with E-state index >= 15 is 0 Å². The minimum atomic E-state index is -0.846. The number of carbonyl (C=O) groups is 3. The van der Waals surface area contributed by atoms with Gasteiger partial charge in [-0.2, -0.15) is 0 Å². The second-order valence-corrected chi connectivity index (χ2v) is 4.81. The molecule has 1 rings (SSSR count). The summed E-state index contributed by atoms with van der Waals surface area (Å²) < 4.78 is 0. The van der Waals surface area contributed by atoms with E-state index in [1.807, 2.05) is 6.92 Å². The van der Waals surface area contributed by atoms with Crippen LogP contribution in [-0.2, 0) is 14.4 Å². The maximum absolute atomic E-state index is 11.6. The van der Waals surface area contributed by atoms with Crippen molar-refractivity contribution in [3.05, 3.63) is 0 Å². The van der Waals surface area contributed by atoms with Crippen LogP contribution in [0.3, 0.4) is 0 Å². The second-order valence-electron chi connectivity index (χ2n) is 4.81. The Labute approximate surface area is 101 Å². The topological polar surface area (TPSA) is 83.7 Å². The molecule has 0 aromatic carbocycles. The molecule has 1 heterocycles. The highest BCUT2D eigenvalue weighted by Gasteiger charge is 2.49. The summed E-state index contributed by atoms with van der Waals surface area (Å²) in [5.74, 6) is -0.557. The number of likely N-dealkylation sites (tertiary alicyclic amines) is 1. The van der Waals surface area contributed by atoms with E-state index in [1.165, 1.54) is 4.90 Å². The van der Waals surface area contributed by atoms with Gasteiger partial charge in [0.2, 0.25) is 11.8 Å².